The van der Waals surface area contributed by atoms with E-state index >= 15 is 0 Å². The molecule has 86 valence electrons. The van der Waals surface area contributed by atoms with Crippen LogP contribution in [-0.4, -0.2) is 4.57 Å². The van der Waals surface area contributed by atoms with Crippen molar-refractivity contribution in [2.24, 2.45) is 0 Å². The van der Waals surface area contributed by atoms with Gasteiger partial charge >= 0.3 is 0 Å². The van der Waals surface area contributed by atoms with Crippen LogP contribution in [0.25, 0.3) is 16.6 Å². The summed E-state index contributed by atoms with van der Waals surface area (Å²) < 4.78 is 1.99. The number of hydrogen-bond acceptors (Lipinski definition) is 1. The van der Waals surface area contributed by atoms with Gasteiger partial charge in [-0.25, -0.2) is 0 Å². The standard InChI is InChI=1S/C15H9ClN2/c16-13-6-5-11-7-8-18(15(11)9-13)14-4-2-1-3-12(14)10-17/h1-9H. The van der Waals surface area contributed by atoms with Gasteiger partial charge in [0.2, 0.25) is 0 Å². The number of hydrogen-bond donors (Lipinski definition) is 0. The normalized spacial score (nSPS) is 10.4. The van der Waals surface area contributed by atoms with Gasteiger partial charge < -0.3 is 4.57 Å². The molecular weight excluding hydrogens is 244 g/mol. The van der Waals surface area contributed by atoms with Gasteiger partial charge in [-0.2, -0.15) is 5.26 Å². The number of para-hydroxylation sites is 1. The Morgan fingerprint density at radius 2 is 1.89 bits per heavy atom. The second kappa shape index (κ2) is 4.21. The molecule has 2 aromatic carbocycles. The van der Waals surface area contributed by atoms with Gasteiger partial charge in [-0.3, -0.25) is 0 Å². The van der Waals surface area contributed by atoms with Gasteiger partial charge in [0.05, 0.1) is 16.8 Å². The first kappa shape index (κ1) is 10.9. The first-order chi connectivity index (χ1) is 8.79. The Balaban J connectivity index is 2.32. The summed E-state index contributed by atoms with van der Waals surface area (Å²) in [6.45, 7) is 0. The molecule has 3 rings (SSSR count). The predicted molar refractivity (Wildman–Crippen MR) is 73.0 cm³/mol. The summed E-state index contributed by atoms with van der Waals surface area (Å²) in [6.07, 6.45) is 1.96. The first-order valence-corrected chi connectivity index (χ1v) is 5.93. The monoisotopic (exact) mass is 252 g/mol. The molecule has 1 aromatic heterocycles. The van der Waals surface area contributed by atoms with Crippen molar-refractivity contribution < 1.29 is 0 Å². The third-order valence-electron chi connectivity index (χ3n) is 2.94. The average molecular weight is 253 g/mol. The molecule has 0 amide bonds. The van der Waals surface area contributed by atoms with Crippen LogP contribution in [0.3, 0.4) is 0 Å². The Hall–Kier alpha value is -2.24. The number of rotatable bonds is 1. The molecule has 0 aliphatic carbocycles. The Bertz CT molecular complexity index is 766. The van der Waals surface area contributed by atoms with Crippen LogP contribution in [0.4, 0.5) is 0 Å². The lowest BCUT2D eigenvalue weighted by molar-refractivity contribution is 1.12. The Kier molecular flexibility index (Phi) is 2.55. The fraction of sp³-hybridized carbons (Fsp3) is 0. The summed E-state index contributed by atoms with van der Waals surface area (Å²) in [5.74, 6) is 0. The Labute approximate surface area is 110 Å². The first-order valence-electron chi connectivity index (χ1n) is 5.56. The molecule has 0 radical (unpaired) electrons. The van der Waals surface area contributed by atoms with E-state index < -0.39 is 0 Å². The molecule has 3 heteroatoms. The lowest BCUT2D eigenvalue weighted by Crippen LogP contribution is -1.95. The third kappa shape index (κ3) is 1.66. The SMILES string of the molecule is N#Cc1ccccc1-n1ccc2ccc(Cl)cc21. The van der Waals surface area contributed by atoms with Crippen LogP contribution in [0.5, 0.6) is 0 Å². The summed E-state index contributed by atoms with van der Waals surface area (Å²) in [7, 11) is 0. The lowest BCUT2D eigenvalue weighted by atomic mass is 10.2. The molecule has 2 nitrogen and oxygen atoms in total. The van der Waals surface area contributed by atoms with Crippen LogP contribution in [0.1, 0.15) is 5.56 Å². The second-order valence-electron chi connectivity index (χ2n) is 4.02. The van der Waals surface area contributed by atoms with E-state index in [1.54, 1.807) is 0 Å². The fourth-order valence-electron chi connectivity index (χ4n) is 2.09. The highest BCUT2D eigenvalue weighted by Crippen LogP contribution is 2.25. The van der Waals surface area contributed by atoms with Crippen LogP contribution < -0.4 is 0 Å². The smallest absolute Gasteiger partial charge is 0.101 e. The largest absolute Gasteiger partial charge is 0.315 e. The molecule has 0 fully saturated rings. The molecule has 18 heavy (non-hydrogen) atoms. The van der Waals surface area contributed by atoms with Crippen molar-refractivity contribution in [1.82, 2.24) is 4.57 Å². The zero-order valence-electron chi connectivity index (χ0n) is 9.47. The lowest BCUT2D eigenvalue weighted by Gasteiger charge is -2.07. The number of benzene rings is 2. The van der Waals surface area contributed by atoms with Gasteiger partial charge in [0.25, 0.3) is 0 Å². The summed E-state index contributed by atoms with van der Waals surface area (Å²) in [4.78, 5) is 0. The molecule has 0 atom stereocenters. The van der Waals surface area contributed by atoms with Crippen molar-refractivity contribution in [2.45, 2.75) is 0 Å². The van der Waals surface area contributed by atoms with Gasteiger partial charge in [-0.15, -0.1) is 0 Å². The highest BCUT2D eigenvalue weighted by atomic mass is 35.5. The molecule has 0 N–H and O–H groups in total. The maximum Gasteiger partial charge on any atom is 0.101 e. The van der Waals surface area contributed by atoms with Crippen LogP contribution in [-0.2, 0) is 0 Å². The summed E-state index contributed by atoms with van der Waals surface area (Å²) in [5, 5.41) is 10.9. The number of fused-ring (bicyclic) bond motifs is 1. The van der Waals surface area contributed by atoms with Gasteiger partial charge in [0.15, 0.2) is 0 Å². The summed E-state index contributed by atoms with van der Waals surface area (Å²) >= 11 is 6.03. The Morgan fingerprint density at radius 3 is 2.72 bits per heavy atom. The van der Waals surface area contributed by atoms with Gasteiger partial charge in [-0.05, 0) is 30.3 Å². The molecular formula is C15H9ClN2. The molecule has 1 heterocycles. The van der Waals surface area contributed by atoms with Crippen molar-refractivity contribution in [1.29, 1.82) is 5.26 Å². The van der Waals surface area contributed by atoms with Crippen molar-refractivity contribution in [3.8, 4) is 11.8 Å². The summed E-state index contributed by atoms with van der Waals surface area (Å²) in [5.41, 5.74) is 2.53. The van der Waals surface area contributed by atoms with Crippen LogP contribution in [0, 0.1) is 11.3 Å². The van der Waals surface area contributed by atoms with Gasteiger partial charge in [-0.1, -0.05) is 29.8 Å². The summed E-state index contributed by atoms with van der Waals surface area (Å²) in [6, 6.07) is 17.5. The van der Waals surface area contributed by atoms with E-state index in [1.165, 1.54) is 0 Å². The third-order valence-corrected chi connectivity index (χ3v) is 3.17. The van der Waals surface area contributed by atoms with Crippen molar-refractivity contribution >= 4 is 22.5 Å². The predicted octanol–water partition coefficient (Wildman–Crippen LogP) is 4.16. The maximum absolute atomic E-state index is 9.15. The van der Waals surface area contributed by atoms with E-state index in [-0.39, 0.29) is 0 Å². The minimum absolute atomic E-state index is 0.648. The zero-order chi connectivity index (χ0) is 12.5. The Morgan fingerprint density at radius 1 is 1.06 bits per heavy atom. The van der Waals surface area contributed by atoms with E-state index in [0.29, 0.717) is 10.6 Å². The molecule has 0 unspecified atom stereocenters. The van der Waals surface area contributed by atoms with E-state index in [0.717, 1.165) is 16.6 Å². The highest BCUT2D eigenvalue weighted by molar-refractivity contribution is 6.31. The molecule has 0 saturated heterocycles. The van der Waals surface area contributed by atoms with E-state index in [2.05, 4.69) is 6.07 Å². The maximum atomic E-state index is 9.15. The number of aromatic nitrogens is 1. The number of halogens is 1. The number of nitriles is 1. The molecule has 0 spiro atoms. The van der Waals surface area contributed by atoms with Gasteiger partial charge in [0.1, 0.15) is 6.07 Å². The van der Waals surface area contributed by atoms with Crippen LogP contribution >= 0.6 is 11.6 Å². The second-order valence-corrected chi connectivity index (χ2v) is 4.45. The molecule has 3 aromatic rings. The molecule has 0 saturated carbocycles. The van der Waals surface area contributed by atoms with E-state index in [9.17, 15) is 0 Å². The minimum Gasteiger partial charge on any atom is -0.315 e. The topological polar surface area (TPSA) is 28.7 Å². The molecule has 0 aliphatic heterocycles. The van der Waals surface area contributed by atoms with Crippen LogP contribution in [0.15, 0.2) is 54.7 Å². The molecule has 0 aliphatic rings. The van der Waals surface area contributed by atoms with E-state index in [4.69, 9.17) is 16.9 Å². The van der Waals surface area contributed by atoms with Crippen molar-refractivity contribution in [2.75, 3.05) is 0 Å². The van der Waals surface area contributed by atoms with Crippen molar-refractivity contribution in [3.05, 3.63) is 65.3 Å². The highest BCUT2D eigenvalue weighted by Gasteiger charge is 2.07. The minimum atomic E-state index is 0.648. The molecule has 0 bridgehead atoms. The zero-order valence-corrected chi connectivity index (χ0v) is 10.2. The number of nitrogens with zero attached hydrogens (tertiary/aromatic N) is 2. The average Bonchev–Trinajstić information content (AvgIpc) is 2.81. The quantitative estimate of drug-likeness (QED) is 0.639. The fourth-order valence-corrected chi connectivity index (χ4v) is 2.26. The van der Waals surface area contributed by atoms with Crippen LogP contribution in [0.2, 0.25) is 5.02 Å². The van der Waals surface area contributed by atoms with E-state index in [1.807, 2.05) is 59.3 Å². The van der Waals surface area contributed by atoms with Crippen molar-refractivity contribution in [3.63, 3.8) is 0 Å². The van der Waals surface area contributed by atoms with Gasteiger partial charge in [0, 0.05) is 16.6 Å².